The van der Waals surface area contributed by atoms with Crippen molar-refractivity contribution in [3.8, 4) is 0 Å². The third-order valence-corrected chi connectivity index (χ3v) is 2.83. The van der Waals surface area contributed by atoms with Crippen molar-refractivity contribution >= 4 is 15.9 Å². The molecule has 1 aromatic rings. The van der Waals surface area contributed by atoms with Crippen molar-refractivity contribution in [2.24, 2.45) is 0 Å². The van der Waals surface area contributed by atoms with Crippen LogP contribution >= 0.6 is 15.9 Å². The number of alkyl halides is 1. The normalized spacial score (nSPS) is 22.2. The van der Waals surface area contributed by atoms with Crippen LogP contribution in [0.4, 0.5) is 4.39 Å². The standard InChI is InChI=1S/C10H11BrFN/c11-8-1-2-9-7(5-8)6-13-4-3-10(9)12/h1-2,5,10,13H,3-4,6H2. The van der Waals surface area contributed by atoms with Crippen LogP contribution in [0, 0.1) is 0 Å². The van der Waals surface area contributed by atoms with Crippen molar-refractivity contribution in [2.75, 3.05) is 6.54 Å². The number of hydrogen-bond acceptors (Lipinski definition) is 1. The molecule has 0 fully saturated rings. The Morgan fingerprint density at radius 1 is 1.46 bits per heavy atom. The van der Waals surface area contributed by atoms with Gasteiger partial charge in [0.15, 0.2) is 0 Å². The Labute approximate surface area is 85.5 Å². The summed E-state index contributed by atoms with van der Waals surface area (Å²) >= 11 is 3.39. The van der Waals surface area contributed by atoms with E-state index >= 15 is 0 Å². The van der Waals surface area contributed by atoms with E-state index in [1.807, 2.05) is 18.2 Å². The number of nitrogens with one attached hydrogen (secondary N) is 1. The minimum atomic E-state index is -0.807. The molecule has 0 saturated heterocycles. The Morgan fingerprint density at radius 2 is 2.31 bits per heavy atom. The fraction of sp³-hybridized carbons (Fsp3) is 0.400. The van der Waals surface area contributed by atoms with Gasteiger partial charge in [0.05, 0.1) is 0 Å². The molecule has 1 aromatic carbocycles. The quantitative estimate of drug-likeness (QED) is 0.739. The first-order chi connectivity index (χ1) is 6.27. The van der Waals surface area contributed by atoms with E-state index in [0.29, 0.717) is 6.42 Å². The summed E-state index contributed by atoms with van der Waals surface area (Å²) in [5, 5.41) is 3.20. The molecule has 0 saturated carbocycles. The van der Waals surface area contributed by atoms with E-state index in [1.54, 1.807) is 0 Å². The molecule has 1 heterocycles. The van der Waals surface area contributed by atoms with Gasteiger partial charge in [0.25, 0.3) is 0 Å². The summed E-state index contributed by atoms with van der Waals surface area (Å²) < 4.78 is 14.5. The fourth-order valence-electron chi connectivity index (χ4n) is 1.64. The first-order valence-corrected chi connectivity index (χ1v) is 5.20. The monoisotopic (exact) mass is 243 g/mol. The van der Waals surface area contributed by atoms with Gasteiger partial charge in [0.2, 0.25) is 0 Å². The second-order valence-electron chi connectivity index (χ2n) is 3.28. The molecule has 0 aliphatic carbocycles. The van der Waals surface area contributed by atoms with Crippen molar-refractivity contribution < 1.29 is 4.39 Å². The van der Waals surface area contributed by atoms with Gasteiger partial charge in [0.1, 0.15) is 6.17 Å². The maximum absolute atomic E-state index is 13.5. The molecule has 1 N–H and O–H groups in total. The van der Waals surface area contributed by atoms with Crippen LogP contribution in [0.25, 0.3) is 0 Å². The van der Waals surface area contributed by atoms with Crippen molar-refractivity contribution in [1.29, 1.82) is 0 Å². The molecule has 1 aliphatic rings. The zero-order valence-corrected chi connectivity index (χ0v) is 8.77. The number of fused-ring (bicyclic) bond motifs is 1. The Balaban J connectivity index is 2.42. The zero-order valence-electron chi connectivity index (χ0n) is 7.19. The van der Waals surface area contributed by atoms with Crippen LogP contribution < -0.4 is 5.32 Å². The maximum atomic E-state index is 13.5. The molecule has 0 amide bonds. The summed E-state index contributed by atoms with van der Waals surface area (Å²) in [5.41, 5.74) is 1.91. The molecule has 0 spiro atoms. The summed E-state index contributed by atoms with van der Waals surface area (Å²) in [6.45, 7) is 1.53. The second-order valence-corrected chi connectivity index (χ2v) is 4.19. The lowest BCUT2D eigenvalue weighted by Crippen LogP contribution is -2.12. The van der Waals surface area contributed by atoms with E-state index in [0.717, 1.165) is 28.7 Å². The first kappa shape index (κ1) is 9.16. The summed E-state index contributed by atoms with van der Waals surface area (Å²) in [6.07, 6.45) is -0.229. The summed E-state index contributed by atoms with van der Waals surface area (Å²) in [4.78, 5) is 0. The molecule has 3 heteroatoms. The van der Waals surface area contributed by atoms with Crippen molar-refractivity contribution in [2.45, 2.75) is 19.1 Å². The molecular weight excluding hydrogens is 233 g/mol. The molecule has 1 unspecified atom stereocenters. The Hall–Kier alpha value is -0.410. The average Bonchev–Trinajstić information content (AvgIpc) is 2.28. The van der Waals surface area contributed by atoms with Gasteiger partial charge in [-0.1, -0.05) is 22.0 Å². The topological polar surface area (TPSA) is 12.0 Å². The second kappa shape index (κ2) is 3.76. The molecule has 70 valence electrons. The number of hydrogen-bond donors (Lipinski definition) is 1. The van der Waals surface area contributed by atoms with E-state index in [-0.39, 0.29) is 0 Å². The van der Waals surface area contributed by atoms with Crippen molar-refractivity contribution in [3.05, 3.63) is 33.8 Å². The van der Waals surface area contributed by atoms with E-state index < -0.39 is 6.17 Å². The van der Waals surface area contributed by atoms with Crippen molar-refractivity contribution in [1.82, 2.24) is 5.32 Å². The summed E-state index contributed by atoms with van der Waals surface area (Å²) in [6, 6.07) is 5.76. The van der Waals surface area contributed by atoms with Crippen LogP contribution in [0.2, 0.25) is 0 Å². The molecule has 0 aromatic heterocycles. The van der Waals surface area contributed by atoms with Crippen LogP contribution in [0.1, 0.15) is 23.7 Å². The third kappa shape index (κ3) is 1.92. The molecule has 1 aliphatic heterocycles. The molecule has 1 atom stereocenters. The van der Waals surface area contributed by atoms with Gasteiger partial charge in [0, 0.05) is 11.0 Å². The van der Waals surface area contributed by atoms with E-state index in [1.165, 1.54) is 0 Å². The van der Waals surface area contributed by atoms with Gasteiger partial charge in [-0.05, 0) is 36.2 Å². The molecule has 2 rings (SSSR count). The van der Waals surface area contributed by atoms with Gasteiger partial charge in [-0.2, -0.15) is 0 Å². The number of benzene rings is 1. The first-order valence-electron chi connectivity index (χ1n) is 4.40. The summed E-state index contributed by atoms with van der Waals surface area (Å²) in [5.74, 6) is 0. The fourth-order valence-corrected chi connectivity index (χ4v) is 2.05. The van der Waals surface area contributed by atoms with E-state index in [4.69, 9.17) is 0 Å². The Bertz CT molecular complexity index is 314. The molecule has 0 bridgehead atoms. The minimum absolute atomic E-state index is 0.578. The lowest BCUT2D eigenvalue weighted by Gasteiger charge is -2.08. The van der Waals surface area contributed by atoms with Gasteiger partial charge in [-0.15, -0.1) is 0 Å². The van der Waals surface area contributed by atoms with Crippen molar-refractivity contribution in [3.63, 3.8) is 0 Å². The molecule has 0 radical (unpaired) electrons. The van der Waals surface area contributed by atoms with Crippen LogP contribution in [0.5, 0.6) is 0 Å². The molecule has 13 heavy (non-hydrogen) atoms. The highest BCUT2D eigenvalue weighted by atomic mass is 79.9. The van der Waals surface area contributed by atoms with Crippen LogP contribution in [-0.2, 0) is 6.54 Å². The highest BCUT2D eigenvalue weighted by molar-refractivity contribution is 9.10. The van der Waals surface area contributed by atoms with Crippen LogP contribution in [0.15, 0.2) is 22.7 Å². The Kier molecular flexibility index (Phi) is 2.65. The highest BCUT2D eigenvalue weighted by Crippen LogP contribution is 2.28. The van der Waals surface area contributed by atoms with Gasteiger partial charge in [-0.3, -0.25) is 0 Å². The highest BCUT2D eigenvalue weighted by Gasteiger charge is 2.16. The largest absolute Gasteiger partial charge is 0.313 e. The minimum Gasteiger partial charge on any atom is -0.313 e. The average molecular weight is 244 g/mol. The predicted molar refractivity (Wildman–Crippen MR) is 54.3 cm³/mol. The van der Waals surface area contributed by atoms with Crippen LogP contribution in [0.3, 0.4) is 0 Å². The summed E-state index contributed by atoms with van der Waals surface area (Å²) in [7, 11) is 0. The predicted octanol–water partition coefficient (Wildman–Crippen LogP) is 2.95. The van der Waals surface area contributed by atoms with E-state index in [2.05, 4.69) is 21.2 Å². The SMILES string of the molecule is FC1CCNCc2cc(Br)ccc21. The smallest absolute Gasteiger partial charge is 0.127 e. The van der Waals surface area contributed by atoms with Gasteiger partial charge >= 0.3 is 0 Å². The van der Waals surface area contributed by atoms with Gasteiger partial charge < -0.3 is 5.32 Å². The van der Waals surface area contributed by atoms with Crippen LogP contribution in [-0.4, -0.2) is 6.54 Å². The number of rotatable bonds is 0. The third-order valence-electron chi connectivity index (χ3n) is 2.33. The van der Waals surface area contributed by atoms with E-state index in [9.17, 15) is 4.39 Å². The molecular formula is C10H11BrFN. The maximum Gasteiger partial charge on any atom is 0.127 e. The number of halogens is 2. The lowest BCUT2D eigenvalue weighted by atomic mass is 10.0. The van der Waals surface area contributed by atoms with Gasteiger partial charge in [-0.25, -0.2) is 4.39 Å². The molecule has 1 nitrogen and oxygen atoms in total. The zero-order chi connectivity index (χ0) is 9.26. The lowest BCUT2D eigenvalue weighted by molar-refractivity contribution is 0.326. The Morgan fingerprint density at radius 3 is 3.15 bits per heavy atom.